The molecule has 0 atom stereocenters. The normalized spacial score (nSPS) is 13.3. The van der Waals surface area contributed by atoms with Crippen molar-refractivity contribution < 1.29 is 4.79 Å². The molecular weight excluding hydrogens is 566 g/mol. The summed E-state index contributed by atoms with van der Waals surface area (Å²) in [4.78, 5) is 11.6. The molecule has 0 bridgehead atoms. The lowest BCUT2D eigenvalue weighted by molar-refractivity contribution is -0.105. The number of amides is 1. The Labute approximate surface area is 247 Å². The predicted octanol–water partition coefficient (Wildman–Crippen LogP) is 9.69. The first-order valence-electron chi connectivity index (χ1n) is 13.8. The van der Waals surface area contributed by atoms with Crippen LogP contribution in [-0.4, -0.2) is 6.41 Å². The quantitative estimate of drug-likeness (QED) is 0.203. The highest BCUT2D eigenvalue weighted by Gasteiger charge is 2.52. The Morgan fingerprint density at radius 3 is 1.61 bits per heavy atom. The number of benzene rings is 6. The van der Waals surface area contributed by atoms with Gasteiger partial charge >= 0.3 is 0 Å². The number of anilines is 1. The summed E-state index contributed by atoms with van der Waals surface area (Å²) in [6, 6.07) is 47.6. The molecule has 0 unspecified atom stereocenters. The maximum absolute atomic E-state index is 11.6. The SMILES string of the molecule is O=CNc1ccccc1-c1ccc2c(c1-c1ccccc1Br)-c1ccccc1C21c2ccccc2-c2ccccc21. The number of para-hydroxylation sites is 1. The van der Waals surface area contributed by atoms with Crippen LogP contribution in [0.25, 0.3) is 44.5 Å². The molecule has 0 heterocycles. The smallest absolute Gasteiger partial charge is 0.211 e. The number of nitrogens with one attached hydrogen (secondary N) is 1. The molecule has 2 aliphatic carbocycles. The molecular formula is C38H24BrNO. The molecule has 0 saturated carbocycles. The second-order valence-electron chi connectivity index (χ2n) is 10.6. The van der Waals surface area contributed by atoms with Crippen molar-refractivity contribution in [3.05, 3.63) is 160 Å². The number of hydrogen-bond acceptors (Lipinski definition) is 1. The first-order chi connectivity index (χ1) is 20.2. The van der Waals surface area contributed by atoms with E-state index in [9.17, 15) is 4.79 Å². The molecule has 0 aromatic heterocycles. The molecule has 3 heteroatoms. The van der Waals surface area contributed by atoms with Gasteiger partial charge in [-0.15, -0.1) is 0 Å². The number of carbonyl (C=O) groups excluding carboxylic acids is 1. The van der Waals surface area contributed by atoms with E-state index in [4.69, 9.17) is 0 Å². The molecule has 0 aliphatic heterocycles. The van der Waals surface area contributed by atoms with E-state index in [0.29, 0.717) is 0 Å². The van der Waals surface area contributed by atoms with Crippen LogP contribution in [-0.2, 0) is 10.2 Å². The highest BCUT2D eigenvalue weighted by molar-refractivity contribution is 9.10. The highest BCUT2D eigenvalue weighted by atomic mass is 79.9. The number of carbonyl (C=O) groups is 1. The van der Waals surface area contributed by atoms with Crippen molar-refractivity contribution in [3.63, 3.8) is 0 Å². The molecule has 0 fully saturated rings. The van der Waals surface area contributed by atoms with Crippen LogP contribution in [0.5, 0.6) is 0 Å². The molecule has 6 aromatic carbocycles. The monoisotopic (exact) mass is 589 g/mol. The Bertz CT molecular complexity index is 1980. The van der Waals surface area contributed by atoms with E-state index in [1.165, 1.54) is 44.5 Å². The van der Waals surface area contributed by atoms with Crippen LogP contribution in [0.1, 0.15) is 22.3 Å². The van der Waals surface area contributed by atoms with E-state index >= 15 is 0 Å². The van der Waals surface area contributed by atoms with Gasteiger partial charge in [-0.05, 0) is 73.3 Å². The van der Waals surface area contributed by atoms with Gasteiger partial charge in [0, 0.05) is 15.7 Å². The largest absolute Gasteiger partial charge is 0.328 e. The van der Waals surface area contributed by atoms with Gasteiger partial charge in [0.25, 0.3) is 0 Å². The summed E-state index contributed by atoms with van der Waals surface area (Å²) in [7, 11) is 0. The minimum atomic E-state index is -0.422. The molecule has 1 amide bonds. The highest BCUT2D eigenvalue weighted by Crippen LogP contribution is 2.65. The van der Waals surface area contributed by atoms with Gasteiger partial charge in [0.2, 0.25) is 6.41 Å². The fourth-order valence-electron chi connectivity index (χ4n) is 7.26. The van der Waals surface area contributed by atoms with Crippen molar-refractivity contribution in [3.8, 4) is 44.5 Å². The average Bonchev–Trinajstić information content (AvgIpc) is 3.49. The maximum Gasteiger partial charge on any atom is 0.211 e. The summed E-state index contributed by atoms with van der Waals surface area (Å²) in [6.45, 7) is 0. The second-order valence-corrected chi connectivity index (χ2v) is 11.4. The fourth-order valence-corrected chi connectivity index (χ4v) is 7.74. The van der Waals surface area contributed by atoms with Crippen LogP contribution < -0.4 is 5.32 Å². The first kappa shape index (κ1) is 24.1. The van der Waals surface area contributed by atoms with Gasteiger partial charge in [0.1, 0.15) is 0 Å². The average molecular weight is 591 g/mol. The van der Waals surface area contributed by atoms with Crippen molar-refractivity contribution in [1.82, 2.24) is 0 Å². The molecule has 41 heavy (non-hydrogen) atoms. The van der Waals surface area contributed by atoms with Crippen molar-refractivity contribution in [2.24, 2.45) is 0 Å². The van der Waals surface area contributed by atoms with Crippen molar-refractivity contribution in [2.45, 2.75) is 5.41 Å². The third-order valence-corrected chi connectivity index (χ3v) is 9.43. The lowest BCUT2D eigenvalue weighted by Gasteiger charge is -2.31. The van der Waals surface area contributed by atoms with Crippen LogP contribution in [0.3, 0.4) is 0 Å². The minimum absolute atomic E-state index is 0.422. The van der Waals surface area contributed by atoms with Gasteiger partial charge in [-0.2, -0.15) is 0 Å². The van der Waals surface area contributed by atoms with Crippen LogP contribution in [0, 0.1) is 0 Å². The van der Waals surface area contributed by atoms with Crippen LogP contribution in [0.2, 0.25) is 0 Å². The zero-order chi connectivity index (χ0) is 27.6. The maximum atomic E-state index is 11.6. The molecule has 1 N–H and O–H groups in total. The van der Waals surface area contributed by atoms with E-state index in [1.807, 2.05) is 18.2 Å². The lowest BCUT2D eigenvalue weighted by Crippen LogP contribution is -2.25. The molecule has 8 rings (SSSR count). The third-order valence-electron chi connectivity index (χ3n) is 8.74. The van der Waals surface area contributed by atoms with Crippen LogP contribution >= 0.6 is 15.9 Å². The Kier molecular flexibility index (Phi) is 5.38. The second kappa shape index (κ2) is 9.15. The Morgan fingerprint density at radius 2 is 0.976 bits per heavy atom. The van der Waals surface area contributed by atoms with E-state index < -0.39 is 5.41 Å². The summed E-state index contributed by atoms with van der Waals surface area (Å²) in [5.41, 5.74) is 15.0. The Morgan fingerprint density at radius 1 is 0.463 bits per heavy atom. The fraction of sp³-hybridized carbons (Fsp3) is 0.0263. The van der Waals surface area contributed by atoms with E-state index in [2.05, 4.69) is 137 Å². The zero-order valence-corrected chi connectivity index (χ0v) is 23.7. The number of fused-ring (bicyclic) bond motifs is 10. The first-order valence-corrected chi connectivity index (χ1v) is 14.6. The van der Waals surface area contributed by atoms with Crippen molar-refractivity contribution >= 4 is 28.0 Å². The zero-order valence-electron chi connectivity index (χ0n) is 22.1. The Hall–Kier alpha value is -4.73. The molecule has 0 radical (unpaired) electrons. The molecule has 2 aliphatic rings. The van der Waals surface area contributed by atoms with Gasteiger partial charge < -0.3 is 5.32 Å². The van der Waals surface area contributed by atoms with Gasteiger partial charge in [-0.25, -0.2) is 0 Å². The summed E-state index contributed by atoms with van der Waals surface area (Å²) in [5, 5.41) is 2.94. The molecule has 194 valence electrons. The van der Waals surface area contributed by atoms with Gasteiger partial charge in [-0.3, -0.25) is 4.79 Å². The van der Waals surface area contributed by atoms with Crippen LogP contribution in [0.4, 0.5) is 5.69 Å². The van der Waals surface area contributed by atoms with E-state index in [1.54, 1.807) is 0 Å². The minimum Gasteiger partial charge on any atom is -0.328 e. The molecule has 2 nitrogen and oxygen atoms in total. The standard InChI is InChI=1S/C38H24BrNO/c39-34-19-9-4-15-29(34)36-27(26-13-5-10-20-35(26)40-23-41)21-22-33-37(36)28-14-3-8-18-32(28)38(33)30-16-6-1-11-24(30)25-12-2-7-17-31(25)38/h1-23H,(H,40,41). The Balaban J connectivity index is 1.57. The van der Waals surface area contributed by atoms with E-state index in [0.717, 1.165) is 38.8 Å². The molecule has 0 saturated heterocycles. The van der Waals surface area contributed by atoms with Crippen molar-refractivity contribution in [2.75, 3.05) is 5.32 Å². The summed E-state index contributed by atoms with van der Waals surface area (Å²) in [6.07, 6.45) is 0.751. The van der Waals surface area contributed by atoms with Gasteiger partial charge in [0.15, 0.2) is 0 Å². The van der Waals surface area contributed by atoms with Gasteiger partial charge in [0.05, 0.1) is 5.41 Å². The van der Waals surface area contributed by atoms with Crippen LogP contribution in [0.15, 0.2) is 138 Å². The summed E-state index contributed by atoms with van der Waals surface area (Å²) >= 11 is 3.89. The molecule has 1 spiro atoms. The van der Waals surface area contributed by atoms with Crippen molar-refractivity contribution in [1.29, 1.82) is 0 Å². The van der Waals surface area contributed by atoms with Gasteiger partial charge in [-0.1, -0.05) is 137 Å². The third kappa shape index (κ3) is 3.21. The lowest BCUT2D eigenvalue weighted by atomic mass is 9.70. The predicted molar refractivity (Wildman–Crippen MR) is 171 cm³/mol. The summed E-state index contributed by atoms with van der Waals surface area (Å²) < 4.78 is 1.03. The molecule has 6 aromatic rings. The number of halogens is 1. The number of rotatable bonds is 4. The summed E-state index contributed by atoms with van der Waals surface area (Å²) in [5.74, 6) is 0. The van der Waals surface area contributed by atoms with E-state index in [-0.39, 0.29) is 0 Å². The topological polar surface area (TPSA) is 29.1 Å². The number of hydrogen-bond donors (Lipinski definition) is 1.